The van der Waals surface area contributed by atoms with Crippen LogP contribution in [0.2, 0.25) is 0 Å². The Morgan fingerprint density at radius 2 is 2.07 bits per heavy atom. The fraction of sp³-hybridized carbons (Fsp3) is 0.500. The Morgan fingerprint density at radius 3 is 2.67 bits per heavy atom. The summed E-state index contributed by atoms with van der Waals surface area (Å²) in [6.45, 7) is 3.25. The number of anilines is 1. The summed E-state index contributed by atoms with van der Waals surface area (Å²) in [7, 11) is 2.03. The largest absolute Gasteiger partial charge is 0.392 e. The summed E-state index contributed by atoms with van der Waals surface area (Å²) < 4.78 is 0. The van der Waals surface area contributed by atoms with Gasteiger partial charge in [-0.1, -0.05) is 18.2 Å². The molecule has 0 saturated carbocycles. The highest BCUT2D eigenvalue weighted by molar-refractivity contribution is 5.52. The topological polar surface area (TPSA) is 49.5 Å². The first-order chi connectivity index (χ1) is 7.15. The number of benzene rings is 1. The van der Waals surface area contributed by atoms with Gasteiger partial charge in [0.25, 0.3) is 0 Å². The molecule has 0 aliphatic heterocycles. The third-order valence-electron chi connectivity index (χ3n) is 2.60. The van der Waals surface area contributed by atoms with Gasteiger partial charge in [0.15, 0.2) is 0 Å². The number of aryl methyl sites for hydroxylation is 1. The van der Waals surface area contributed by atoms with Gasteiger partial charge in [-0.3, -0.25) is 0 Å². The van der Waals surface area contributed by atoms with Crippen molar-refractivity contribution in [3.63, 3.8) is 0 Å². The Labute approximate surface area is 91.5 Å². The zero-order chi connectivity index (χ0) is 11.3. The van der Waals surface area contributed by atoms with Crippen molar-refractivity contribution in [3.8, 4) is 0 Å². The van der Waals surface area contributed by atoms with Crippen LogP contribution in [0.1, 0.15) is 12.0 Å². The van der Waals surface area contributed by atoms with Crippen molar-refractivity contribution in [2.75, 3.05) is 25.0 Å². The molecule has 1 atom stereocenters. The average Bonchev–Trinajstić information content (AvgIpc) is 2.26. The van der Waals surface area contributed by atoms with Crippen LogP contribution in [-0.4, -0.2) is 31.3 Å². The number of para-hydroxylation sites is 1. The molecule has 3 nitrogen and oxygen atoms in total. The zero-order valence-electron chi connectivity index (χ0n) is 9.48. The first kappa shape index (κ1) is 12.0. The van der Waals surface area contributed by atoms with E-state index in [1.54, 1.807) is 0 Å². The van der Waals surface area contributed by atoms with Gasteiger partial charge in [-0.05, 0) is 25.0 Å². The van der Waals surface area contributed by atoms with Crippen molar-refractivity contribution in [3.05, 3.63) is 29.8 Å². The van der Waals surface area contributed by atoms with E-state index in [0.29, 0.717) is 13.0 Å². The standard InChI is InChI=1S/C12H20N2O/c1-10-5-3-4-6-12(10)14(2)8-7-11(15)9-13/h3-6,11,15H,7-9,13H2,1-2H3. The van der Waals surface area contributed by atoms with Gasteiger partial charge in [0, 0.05) is 25.8 Å². The fourth-order valence-electron chi connectivity index (χ4n) is 1.57. The monoisotopic (exact) mass is 208 g/mol. The second-order valence-electron chi connectivity index (χ2n) is 3.89. The molecule has 0 aliphatic carbocycles. The molecule has 0 heterocycles. The molecule has 0 radical (unpaired) electrons. The second-order valence-corrected chi connectivity index (χ2v) is 3.89. The van der Waals surface area contributed by atoms with E-state index in [4.69, 9.17) is 5.73 Å². The van der Waals surface area contributed by atoms with Crippen LogP contribution >= 0.6 is 0 Å². The van der Waals surface area contributed by atoms with E-state index in [-0.39, 0.29) is 0 Å². The van der Waals surface area contributed by atoms with Gasteiger partial charge in [0.2, 0.25) is 0 Å². The molecule has 0 saturated heterocycles. The lowest BCUT2D eigenvalue weighted by Crippen LogP contribution is -2.27. The minimum absolute atomic E-state index is 0.335. The van der Waals surface area contributed by atoms with E-state index in [1.807, 2.05) is 19.2 Å². The maximum absolute atomic E-state index is 9.37. The van der Waals surface area contributed by atoms with Crippen molar-refractivity contribution in [2.24, 2.45) is 5.73 Å². The summed E-state index contributed by atoms with van der Waals surface area (Å²) in [4.78, 5) is 2.15. The molecule has 1 aromatic rings. The van der Waals surface area contributed by atoms with E-state index in [1.165, 1.54) is 11.3 Å². The highest BCUT2D eigenvalue weighted by Crippen LogP contribution is 2.17. The summed E-state index contributed by atoms with van der Waals surface area (Å²) in [5.74, 6) is 0. The number of hydrogen-bond donors (Lipinski definition) is 2. The number of aliphatic hydroxyl groups is 1. The smallest absolute Gasteiger partial charge is 0.0679 e. The highest BCUT2D eigenvalue weighted by Gasteiger charge is 2.06. The molecule has 3 N–H and O–H groups in total. The molecular formula is C12H20N2O. The van der Waals surface area contributed by atoms with Crippen molar-refractivity contribution < 1.29 is 5.11 Å². The average molecular weight is 208 g/mol. The van der Waals surface area contributed by atoms with Crippen molar-refractivity contribution in [2.45, 2.75) is 19.4 Å². The van der Waals surface area contributed by atoms with Gasteiger partial charge in [-0.25, -0.2) is 0 Å². The Kier molecular flexibility index (Phi) is 4.59. The summed E-state index contributed by atoms with van der Waals surface area (Å²) in [6.07, 6.45) is 0.317. The van der Waals surface area contributed by atoms with E-state index in [2.05, 4.69) is 24.0 Å². The van der Waals surface area contributed by atoms with Crippen LogP contribution in [0.4, 0.5) is 5.69 Å². The molecule has 0 aromatic heterocycles. The number of rotatable bonds is 5. The SMILES string of the molecule is Cc1ccccc1N(C)CCC(O)CN. The number of hydrogen-bond acceptors (Lipinski definition) is 3. The predicted octanol–water partition coefficient (Wildman–Crippen LogP) is 1.14. The zero-order valence-corrected chi connectivity index (χ0v) is 9.48. The minimum Gasteiger partial charge on any atom is -0.392 e. The molecule has 15 heavy (non-hydrogen) atoms. The van der Waals surface area contributed by atoms with Crippen LogP contribution in [-0.2, 0) is 0 Å². The first-order valence-corrected chi connectivity index (χ1v) is 5.30. The van der Waals surface area contributed by atoms with E-state index in [9.17, 15) is 5.11 Å². The Hall–Kier alpha value is -1.06. The van der Waals surface area contributed by atoms with Crippen LogP contribution in [0.5, 0.6) is 0 Å². The van der Waals surface area contributed by atoms with E-state index < -0.39 is 6.10 Å². The van der Waals surface area contributed by atoms with Crippen molar-refractivity contribution in [1.82, 2.24) is 0 Å². The molecular weight excluding hydrogens is 188 g/mol. The highest BCUT2D eigenvalue weighted by atomic mass is 16.3. The molecule has 3 heteroatoms. The quantitative estimate of drug-likeness (QED) is 0.763. The lowest BCUT2D eigenvalue weighted by molar-refractivity contribution is 0.175. The summed E-state index contributed by atoms with van der Waals surface area (Å²) in [6, 6.07) is 8.23. The van der Waals surface area contributed by atoms with Gasteiger partial charge < -0.3 is 15.7 Å². The number of aliphatic hydroxyl groups excluding tert-OH is 1. The molecule has 0 bridgehead atoms. The van der Waals surface area contributed by atoms with Crippen molar-refractivity contribution >= 4 is 5.69 Å². The summed E-state index contributed by atoms with van der Waals surface area (Å²) >= 11 is 0. The summed E-state index contributed by atoms with van der Waals surface area (Å²) in [5, 5.41) is 9.37. The maximum atomic E-state index is 9.37. The molecule has 0 aliphatic rings. The van der Waals surface area contributed by atoms with Gasteiger partial charge in [0.05, 0.1) is 6.10 Å². The minimum atomic E-state index is -0.392. The normalized spacial score (nSPS) is 12.5. The third kappa shape index (κ3) is 3.53. The molecule has 0 spiro atoms. The van der Waals surface area contributed by atoms with Crippen LogP contribution in [0.3, 0.4) is 0 Å². The van der Waals surface area contributed by atoms with E-state index in [0.717, 1.165) is 6.54 Å². The lowest BCUT2D eigenvalue weighted by Gasteiger charge is -2.22. The Balaban J connectivity index is 2.54. The van der Waals surface area contributed by atoms with Crippen molar-refractivity contribution in [1.29, 1.82) is 0 Å². The molecule has 1 unspecified atom stereocenters. The van der Waals surface area contributed by atoms with E-state index >= 15 is 0 Å². The van der Waals surface area contributed by atoms with Crippen LogP contribution in [0.15, 0.2) is 24.3 Å². The summed E-state index contributed by atoms with van der Waals surface area (Å²) in [5.41, 5.74) is 7.82. The van der Waals surface area contributed by atoms with Crippen LogP contribution < -0.4 is 10.6 Å². The number of nitrogens with two attached hydrogens (primary N) is 1. The molecule has 0 amide bonds. The first-order valence-electron chi connectivity index (χ1n) is 5.30. The number of nitrogens with zero attached hydrogens (tertiary/aromatic N) is 1. The molecule has 0 fully saturated rings. The van der Waals surface area contributed by atoms with Gasteiger partial charge in [0.1, 0.15) is 0 Å². The van der Waals surface area contributed by atoms with Crippen LogP contribution in [0.25, 0.3) is 0 Å². The van der Waals surface area contributed by atoms with Gasteiger partial charge in [-0.15, -0.1) is 0 Å². The third-order valence-corrected chi connectivity index (χ3v) is 2.60. The Bertz CT molecular complexity index is 301. The van der Waals surface area contributed by atoms with Gasteiger partial charge >= 0.3 is 0 Å². The molecule has 1 aromatic carbocycles. The second kappa shape index (κ2) is 5.73. The molecule has 1 rings (SSSR count). The fourth-order valence-corrected chi connectivity index (χ4v) is 1.57. The molecule has 84 valence electrons. The maximum Gasteiger partial charge on any atom is 0.0679 e. The van der Waals surface area contributed by atoms with Crippen LogP contribution in [0, 0.1) is 6.92 Å². The lowest BCUT2D eigenvalue weighted by atomic mass is 10.1. The van der Waals surface area contributed by atoms with Gasteiger partial charge in [-0.2, -0.15) is 0 Å². The Morgan fingerprint density at radius 1 is 1.40 bits per heavy atom. The predicted molar refractivity (Wildman–Crippen MR) is 64.1 cm³/mol.